The van der Waals surface area contributed by atoms with E-state index in [4.69, 9.17) is 4.98 Å². The summed E-state index contributed by atoms with van der Waals surface area (Å²) in [7, 11) is 0. The van der Waals surface area contributed by atoms with Crippen molar-refractivity contribution >= 4 is 22.7 Å². The van der Waals surface area contributed by atoms with Crippen LogP contribution in [0.4, 0.5) is 11.6 Å². The Balaban J connectivity index is 1.54. The minimum atomic E-state index is -0.0805. The lowest BCUT2D eigenvalue weighted by molar-refractivity contribution is 0.225. The van der Waals surface area contributed by atoms with Crippen molar-refractivity contribution in [1.82, 2.24) is 29.5 Å². The van der Waals surface area contributed by atoms with Gasteiger partial charge in [0.1, 0.15) is 5.39 Å². The first kappa shape index (κ1) is 24.2. The van der Waals surface area contributed by atoms with Crippen LogP contribution in [0.25, 0.3) is 16.7 Å². The van der Waals surface area contributed by atoms with Gasteiger partial charge < -0.3 is 10.6 Å². The van der Waals surface area contributed by atoms with Crippen molar-refractivity contribution in [3.05, 3.63) is 75.7 Å². The lowest BCUT2D eigenvalue weighted by Gasteiger charge is -2.25. The van der Waals surface area contributed by atoms with Gasteiger partial charge in [-0.25, -0.2) is 14.3 Å². The number of hydrogen-bond donors (Lipinski definition) is 2. The van der Waals surface area contributed by atoms with Crippen LogP contribution in [0.3, 0.4) is 0 Å². The van der Waals surface area contributed by atoms with E-state index < -0.39 is 0 Å². The highest BCUT2D eigenvalue weighted by atomic mass is 16.1. The molecule has 2 aromatic carbocycles. The van der Waals surface area contributed by atoms with Crippen LogP contribution in [0.2, 0.25) is 0 Å². The highest BCUT2D eigenvalue weighted by Gasteiger charge is 2.18. The summed E-state index contributed by atoms with van der Waals surface area (Å²) in [5, 5.41) is 7.28. The lowest BCUT2D eigenvalue weighted by Crippen LogP contribution is -2.30. The molecule has 0 atom stereocenters. The van der Waals surface area contributed by atoms with Crippen LogP contribution in [-0.2, 0) is 26.1 Å². The molecule has 0 saturated carbocycles. The largest absolute Gasteiger partial charge is 0.324 e. The van der Waals surface area contributed by atoms with Crippen LogP contribution in [0.5, 0.6) is 0 Å². The number of rotatable bonds is 8. The third-order valence-electron chi connectivity index (χ3n) is 7.00. The van der Waals surface area contributed by atoms with E-state index >= 15 is 0 Å². The lowest BCUT2D eigenvalue weighted by atomic mass is 10.0. The van der Waals surface area contributed by atoms with Crippen molar-refractivity contribution in [2.75, 3.05) is 18.4 Å². The topological polar surface area (TPSA) is 80.0 Å². The Morgan fingerprint density at radius 3 is 2.78 bits per heavy atom. The molecule has 0 bridgehead atoms. The van der Waals surface area contributed by atoms with E-state index in [9.17, 15) is 4.79 Å². The zero-order valence-corrected chi connectivity index (χ0v) is 21.6. The third kappa shape index (κ3) is 4.66. The normalized spacial score (nSPS) is 13.5. The molecular weight excluding hydrogens is 450 g/mol. The summed E-state index contributed by atoms with van der Waals surface area (Å²) in [5.74, 6) is 0.478. The summed E-state index contributed by atoms with van der Waals surface area (Å²) < 4.78 is 3.66. The van der Waals surface area contributed by atoms with Gasteiger partial charge in [-0.3, -0.25) is 9.69 Å². The number of hydrogen-bond acceptors (Lipinski definition) is 6. The Bertz CT molecular complexity index is 1440. The van der Waals surface area contributed by atoms with Gasteiger partial charge in [0.2, 0.25) is 5.95 Å². The maximum atomic E-state index is 13.2. The van der Waals surface area contributed by atoms with E-state index in [0.29, 0.717) is 29.6 Å². The molecule has 8 nitrogen and oxygen atoms in total. The van der Waals surface area contributed by atoms with Gasteiger partial charge in [-0.1, -0.05) is 25.1 Å². The number of fused-ring (bicyclic) bond motifs is 2. The highest BCUT2D eigenvalue weighted by molar-refractivity contribution is 5.77. The summed E-state index contributed by atoms with van der Waals surface area (Å²) >= 11 is 0. The molecule has 4 aromatic rings. The van der Waals surface area contributed by atoms with Gasteiger partial charge in [0.05, 0.1) is 5.69 Å². The molecule has 0 fully saturated rings. The molecule has 0 saturated heterocycles. The van der Waals surface area contributed by atoms with Crippen molar-refractivity contribution < 1.29 is 0 Å². The van der Waals surface area contributed by atoms with Gasteiger partial charge in [-0.05, 0) is 81.2 Å². The molecule has 5 rings (SSSR count). The second-order valence-electron chi connectivity index (χ2n) is 9.63. The van der Waals surface area contributed by atoms with Crippen LogP contribution < -0.4 is 16.2 Å². The maximum Gasteiger partial charge on any atom is 0.278 e. The van der Waals surface area contributed by atoms with Gasteiger partial charge in [-0.15, -0.1) is 0 Å². The van der Waals surface area contributed by atoms with Crippen molar-refractivity contribution in [1.29, 1.82) is 0 Å². The summed E-state index contributed by atoms with van der Waals surface area (Å²) in [6, 6.07) is 15.2. The maximum absolute atomic E-state index is 13.2. The monoisotopic (exact) mass is 485 g/mol. The predicted octanol–water partition coefficient (Wildman–Crippen LogP) is 4.22. The van der Waals surface area contributed by atoms with Gasteiger partial charge >= 0.3 is 0 Å². The molecule has 0 spiro atoms. The number of nitrogens with one attached hydrogen (secondary N) is 2. The Hall–Kier alpha value is -3.49. The van der Waals surface area contributed by atoms with Crippen molar-refractivity contribution in [3.8, 4) is 5.69 Å². The number of aromatic nitrogens is 4. The van der Waals surface area contributed by atoms with E-state index in [1.54, 1.807) is 10.9 Å². The van der Waals surface area contributed by atoms with E-state index in [1.165, 1.54) is 16.7 Å². The van der Waals surface area contributed by atoms with Gasteiger partial charge in [0.15, 0.2) is 5.65 Å². The predicted molar refractivity (Wildman–Crippen MR) is 145 cm³/mol. The fourth-order valence-electron chi connectivity index (χ4n) is 5.00. The third-order valence-corrected chi connectivity index (χ3v) is 7.00. The van der Waals surface area contributed by atoms with E-state index in [-0.39, 0.29) is 5.56 Å². The summed E-state index contributed by atoms with van der Waals surface area (Å²) in [6.45, 7) is 12.9. The molecule has 0 aliphatic carbocycles. The zero-order valence-electron chi connectivity index (χ0n) is 21.6. The van der Waals surface area contributed by atoms with Gasteiger partial charge in [0.25, 0.3) is 5.56 Å². The molecule has 8 heteroatoms. The molecule has 2 aromatic heterocycles. The smallest absolute Gasteiger partial charge is 0.278 e. The molecule has 1 aliphatic heterocycles. The molecule has 2 N–H and O–H groups in total. The van der Waals surface area contributed by atoms with E-state index in [2.05, 4.69) is 77.7 Å². The number of nitrogens with zero attached hydrogens (tertiary/aromatic N) is 5. The molecule has 0 unspecified atom stereocenters. The summed E-state index contributed by atoms with van der Waals surface area (Å²) in [5.41, 5.74) is 6.28. The average molecular weight is 486 g/mol. The molecule has 3 heterocycles. The molecule has 188 valence electrons. The van der Waals surface area contributed by atoms with E-state index in [1.807, 2.05) is 17.7 Å². The van der Waals surface area contributed by atoms with Crippen molar-refractivity contribution in [2.24, 2.45) is 0 Å². The van der Waals surface area contributed by atoms with Crippen LogP contribution in [0, 0.1) is 0 Å². The van der Waals surface area contributed by atoms with E-state index in [0.717, 1.165) is 44.0 Å². The Morgan fingerprint density at radius 2 is 2.00 bits per heavy atom. The van der Waals surface area contributed by atoms with Crippen LogP contribution in [0.1, 0.15) is 44.4 Å². The Labute approximate surface area is 212 Å². The average Bonchev–Trinajstić information content (AvgIpc) is 3.18. The number of benzene rings is 2. The van der Waals surface area contributed by atoms with Crippen molar-refractivity contribution in [3.63, 3.8) is 0 Å². The second kappa shape index (κ2) is 10.2. The van der Waals surface area contributed by atoms with Crippen LogP contribution in [-0.4, -0.2) is 43.4 Å². The SMILES string of the molecule is CCN(Cc1cccc(-n2c3nc(Nc4ccc5c(c4)CCNC5)ncc3c(=O)n2CC)c1)C(C)C. The fraction of sp³-hybridized carbons (Fsp3) is 0.393. The fourth-order valence-corrected chi connectivity index (χ4v) is 5.00. The summed E-state index contributed by atoms with van der Waals surface area (Å²) in [6.07, 6.45) is 2.64. The number of anilines is 2. The Kier molecular flexibility index (Phi) is 6.89. The highest BCUT2D eigenvalue weighted by Crippen LogP contribution is 2.23. The van der Waals surface area contributed by atoms with Crippen LogP contribution in [0.15, 0.2) is 53.5 Å². The quantitative estimate of drug-likeness (QED) is 0.389. The molecule has 36 heavy (non-hydrogen) atoms. The Morgan fingerprint density at radius 1 is 1.14 bits per heavy atom. The standard InChI is InChI=1S/C28H35N7O/c1-5-33(19(3)4)18-20-8-7-9-24(14-20)35-26-25(27(36)34(35)6-2)17-30-28(32-26)31-23-11-10-22-16-29-13-12-21(22)15-23/h7-11,14-15,17,19,29H,5-6,12-13,16,18H2,1-4H3,(H,30,31,32). The molecule has 0 amide bonds. The van der Waals surface area contributed by atoms with Crippen LogP contribution >= 0.6 is 0 Å². The zero-order chi connectivity index (χ0) is 25.2. The first-order valence-corrected chi connectivity index (χ1v) is 12.9. The minimum absolute atomic E-state index is 0.0805. The second-order valence-corrected chi connectivity index (χ2v) is 9.63. The van der Waals surface area contributed by atoms with Crippen molar-refractivity contribution in [2.45, 2.75) is 59.8 Å². The molecule has 1 aliphatic rings. The first-order valence-electron chi connectivity index (χ1n) is 12.9. The van der Waals surface area contributed by atoms with Gasteiger partial charge in [0, 0.05) is 37.6 Å². The van der Waals surface area contributed by atoms with Gasteiger partial charge in [-0.2, -0.15) is 4.98 Å². The summed E-state index contributed by atoms with van der Waals surface area (Å²) in [4.78, 5) is 24.9. The minimum Gasteiger partial charge on any atom is -0.324 e. The molecular formula is C28H35N7O. The first-order chi connectivity index (χ1) is 17.5. The molecule has 0 radical (unpaired) electrons.